The van der Waals surface area contributed by atoms with Gasteiger partial charge in [-0.05, 0) is 31.0 Å². The third-order valence-electron chi connectivity index (χ3n) is 3.80. The van der Waals surface area contributed by atoms with Crippen LogP contribution >= 0.6 is 0 Å². The second-order valence-corrected chi connectivity index (χ2v) is 5.81. The molecule has 24 heavy (non-hydrogen) atoms. The van der Waals surface area contributed by atoms with Crippen molar-refractivity contribution in [2.45, 2.75) is 31.2 Å². The van der Waals surface area contributed by atoms with Gasteiger partial charge in [0.1, 0.15) is 6.10 Å². The molecule has 1 saturated heterocycles. The molecule has 8 heteroatoms. The Hall–Kier alpha value is -2.27. The van der Waals surface area contributed by atoms with E-state index in [9.17, 15) is 18.0 Å². The van der Waals surface area contributed by atoms with Crippen LogP contribution in [0.1, 0.15) is 24.0 Å². The monoisotopic (exact) mass is 341 g/mol. The summed E-state index contributed by atoms with van der Waals surface area (Å²) in [5.74, 6) is -0.153. The zero-order valence-electron chi connectivity index (χ0n) is 13.4. The van der Waals surface area contributed by atoms with Crippen LogP contribution in [-0.2, 0) is 15.7 Å². The number of carbonyl (C=O) groups excluding carboxylic acids is 1. The zero-order chi connectivity index (χ0) is 17.9. The molecule has 1 aliphatic rings. The van der Waals surface area contributed by atoms with Gasteiger partial charge in [-0.3, -0.25) is 4.79 Å². The van der Waals surface area contributed by atoms with Gasteiger partial charge in [0.25, 0.3) is 5.91 Å². The Kier molecular flexibility index (Phi) is 5.34. The molecule has 0 aromatic heterocycles. The van der Waals surface area contributed by atoms with Gasteiger partial charge in [-0.1, -0.05) is 0 Å². The molecule has 1 N–H and O–H groups in total. The maximum absolute atomic E-state index is 13.0. The summed E-state index contributed by atoms with van der Waals surface area (Å²) in [6.07, 6.45) is -4.31. The summed E-state index contributed by atoms with van der Waals surface area (Å²) in [4.78, 5) is 13.3. The van der Waals surface area contributed by atoms with Gasteiger partial charge in [0.05, 0.1) is 23.3 Å². The van der Waals surface area contributed by atoms with Crippen molar-refractivity contribution in [1.29, 1.82) is 5.26 Å². The van der Waals surface area contributed by atoms with E-state index in [-0.39, 0.29) is 29.8 Å². The van der Waals surface area contributed by atoms with Crippen LogP contribution in [0, 0.1) is 11.3 Å². The fraction of sp³-hybridized carbons (Fsp3) is 0.500. The van der Waals surface area contributed by atoms with Crippen molar-refractivity contribution in [3.63, 3.8) is 0 Å². The molecule has 0 spiro atoms. The summed E-state index contributed by atoms with van der Waals surface area (Å²) in [7, 11) is 3.25. The smallest absolute Gasteiger partial charge is 0.382 e. The lowest BCUT2D eigenvalue weighted by Gasteiger charge is -2.19. The Bertz CT molecular complexity index is 653. The lowest BCUT2D eigenvalue weighted by Crippen LogP contribution is -2.34. The Morgan fingerprint density at radius 1 is 1.42 bits per heavy atom. The Morgan fingerprint density at radius 3 is 2.71 bits per heavy atom. The largest absolute Gasteiger partial charge is 0.418 e. The number of likely N-dealkylation sites (N-methyl/N-ethyl adjacent to an activating group) is 1. The lowest BCUT2D eigenvalue weighted by molar-refractivity contribution is -0.140. The number of halogens is 3. The quantitative estimate of drug-likeness (QED) is 0.914. The van der Waals surface area contributed by atoms with Crippen LogP contribution in [-0.4, -0.2) is 43.7 Å². The first-order chi connectivity index (χ1) is 11.2. The molecule has 2 atom stereocenters. The van der Waals surface area contributed by atoms with E-state index in [4.69, 9.17) is 10.00 Å². The average Bonchev–Trinajstić information content (AvgIpc) is 2.99. The molecular formula is C16H18F3N3O2. The third-order valence-corrected chi connectivity index (χ3v) is 3.80. The van der Waals surface area contributed by atoms with Gasteiger partial charge < -0.3 is 15.0 Å². The molecule has 1 fully saturated rings. The predicted octanol–water partition coefficient (Wildman–Crippen LogP) is 2.62. The number of anilines is 1. The molecule has 1 aromatic rings. The minimum Gasteiger partial charge on any atom is -0.382 e. The van der Waals surface area contributed by atoms with Crippen molar-refractivity contribution in [1.82, 2.24) is 4.90 Å². The Morgan fingerprint density at radius 2 is 2.12 bits per heavy atom. The molecule has 0 bridgehead atoms. The Balaban J connectivity index is 2.05. The van der Waals surface area contributed by atoms with E-state index in [0.717, 1.165) is 12.1 Å². The summed E-state index contributed by atoms with van der Waals surface area (Å²) >= 11 is 0. The summed E-state index contributed by atoms with van der Waals surface area (Å²) in [6.45, 7) is 0.134. The first-order valence-corrected chi connectivity index (χ1v) is 7.44. The van der Waals surface area contributed by atoms with E-state index >= 15 is 0 Å². The van der Waals surface area contributed by atoms with Crippen molar-refractivity contribution in [2.75, 3.05) is 26.0 Å². The van der Waals surface area contributed by atoms with Crippen LogP contribution in [0.2, 0.25) is 0 Å². The summed E-state index contributed by atoms with van der Waals surface area (Å²) in [5.41, 5.74) is -0.855. The van der Waals surface area contributed by atoms with Crippen molar-refractivity contribution >= 4 is 11.6 Å². The van der Waals surface area contributed by atoms with Crippen LogP contribution in [0.3, 0.4) is 0 Å². The topological polar surface area (TPSA) is 65.4 Å². The average molecular weight is 341 g/mol. The maximum atomic E-state index is 13.0. The zero-order valence-corrected chi connectivity index (χ0v) is 13.4. The van der Waals surface area contributed by atoms with Crippen LogP contribution in [0.15, 0.2) is 18.2 Å². The van der Waals surface area contributed by atoms with Gasteiger partial charge in [-0.25, -0.2) is 0 Å². The lowest BCUT2D eigenvalue weighted by atomic mass is 10.1. The number of carbonyl (C=O) groups is 1. The molecule has 0 aliphatic carbocycles. The van der Waals surface area contributed by atoms with E-state index < -0.39 is 17.8 Å². The van der Waals surface area contributed by atoms with E-state index in [2.05, 4.69) is 5.32 Å². The number of nitrogens with zero attached hydrogens (tertiary/aromatic N) is 2. The molecule has 130 valence electrons. The highest BCUT2D eigenvalue weighted by Crippen LogP contribution is 2.35. The highest BCUT2D eigenvalue weighted by molar-refractivity contribution is 5.80. The molecule has 0 radical (unpaired) electrons. The molecule has 2 rings (SSSR count). The molecule has 0 saturated carbocycles. The van der Waals surface area contributed by atoms with Crippen LogP contribution in [0.4, 0.5) is 18.9 Å². The van der Waals surface area contributed by atoms with Crippen LogP contribution in [0.5, 0.6) is 0 Å². The normalized spacial score (nSPS) is 20.5. The predicted molar refractivity (Wildman–Crippen MR) is 81.2 cm³/mol. The first-order valence-electron chi connectivity index (χ1n) is 7.44. The molecule has 5 nitrogen and oxygen atoms in total. The Labute approximate surface area is 138 Å². The van der Waals surface area contributed by atoms with Gasteiger partial charge in [0, 0.05) is 26.3 Å². The van der Waals surface area contributed by atoms with Crippen molar-refractivity contribution in [2.24, 2.45) is 0 Å². The highest BCUT2D eigenvalue weighted by atomic mass is 19.4. The third kappa shape index (κ3) is 4.17. The summed E-state index contributed by atoms with van der Waals surface area (Å²) in [6, 6.07) is 5.00. The maximum Gasteiger partial charge on any atom is 0.418 e. The molecule has 1 amide bonds. The fourth-order valence-corrected chi connectivity index (χ4v) is 2.56. The van der Waals surface area contributed by atoms with E-state index in [1.807, 2.05) is 6.07 Å². The van der Waals surface area contributed by atoms with Crippen LogP contribution < -0.4 is 5.32 Å². The van der Waals surface area contributed by atoms with Gasteiger partial charge in [-0.2, -0.15) is 18.4 Å². The van der Waals surface area contributed by atoms with Gasteiger partial charge in [0.15, 0.2) is 0 Å². The second kappa shape index (κ2) is 7.09. The van der Waals surface area contributed by atoms with E-state index in [1.54, 1.807) is 14.1 Å². The van der Waals surface area contributed by atoms with Crippen molar-refractivity contribution < 1.29 is 22.7 Å². The van der Waals surface area contributed by atoms with Crippen molar-refractivity contribution in [3.05, 3.63) is 29.3 Å². The van der Waals surface area contributed by atoms with E-state index in [1.165, 1.54) is 11.0 Å². The fourth-order valence-electron chi connectivity index (χ4n) is 2.56. The SMILES string of the molecule is CN(C)C(=O)[C@H]1CC[C@@H](CNc2cc(C#N)ccc2C(F)(F)F)O1. The highest BCUT2D eigenvalue weighted by Gasteiger charge is 2.35. The number of alkyl halides is 3. The van der Waals surface area contributed by atoms with Gasteiger partial charge >= 0.3 is 6.18 Å². The minimum atomic E-state index is -4.52. The number of hydrogen-bond acceptors (Lipinski definition) is 4. The van der Waals surface area contributed by atoms with Crippen LogP contribution in [0.25, 0.3) is 0 Å². The number of rotatable bonds is 4. The standard InChI is InChI=1S/C16H18F3N3O2/c1-22(2)15(23)14-6-4-11(24-14)9-21-13-7-10(8-20)3-5-12(13)16(17,18)19/h3,5,7,11,14,21H,4,6,9H2,1-2H3/t11-,14+/m0/s1. The summed E-state index contributed by atoms with van der Waals surface area (Å²) < 4.78 is 44.7. The number of nitrogens with one attached hydrogen (secondary N) is 1. The number of nitriles is 1. The molecular weight excluding hydrogens is 323 g/mol. The van der Waals surface area contributed by atoms with Gasteiger partial charge in [-0.15, -0.1) is 0 Å². The minimum absolute atomic E-state index is 0.134. The van der Waals surface area contributed by atoms with Gasteiger partial charge in [0.2, 0.25) is 0 Å². The number of amides is 1. The molecule has 1 heterocycles. The second-order valence-electron chi connectivity index (χ2n) is 5.81. The number of benzene rings is 1. The first kappa shape index (κ1) is 18.1. The summed E-state index contributed by atoms with van der Waals surface area (Å²) in [5, 5.41) is 11.6. The molecule has 0 unspecified atom stereocenters. The van der Waals surface area contributed by atoms with Crippen molar-refractivity contribution in [3.8, 4) is 6.07 Å². The van der Waals surface area contributed by atoms with E-state index in [0.29, 0.717) is 12.8 Å². The molecule has 1 aromatic carbocycles. The number of hydrogen-bond donors (Lipinski definition) is 1. The molecule has 1 aliphatic heterocycles. The number of ether oxygens (including phenoxy) is 1.